The van der Waals surface area contributed by atoms with Crippen LogP contribution in [0, 0.1) is 0 Å². The largest absolute Gasteiger partial charge is 0.351 e. The summed E-state index contributed by atoms with van der Waals surface area (Å²) in [4.78, 5) is 26.1. The molecule has 34 heavy (non-hydrogen) atoms. The van der Waals surface area contributed by atoms with Crippen LogP contribution >= 0.6 is 23.4 Å². The molecular weight excluding hydrogens is 466 g/mol. The molecule has 0 saturated carbocycles. The number of benzene rings is 3. The first-order valence-corrected chi connectivity index (χ1v) is 12.4. The number of fused-ring (bicyclic) bond motifs is 1. The normalized spacial score (nSPS) is 17.3. The topological polar surface area (TPSA) is 63.1 Å². The van der Waals surface area contributed by atoms with Gasteiger partial charge >= 0.3 is 0 Å². The maximum atomic E-state index is 12.8. The number of β-lactam (4-membered cyclic amide) rings is 1. The first-order valence-electron chi connectivity index (χ1n) is 11.1. The number of carbonyl (C=O) groups excluding carboxylic acids is 2. The molecule has 4 aromatic rings. The lowest BCUT2D eigenvalue weighted by molar-refractivity contribution is -0.137. The van der Waals surface area contributed by atoms with E-state index in [-0.39, 0.29) is 18.2 Å². The Morgan fingerprint density at radius 1 is 1.12 bits per heavy atom. The number of aromatic nitrogens is 1. The minimum absolute atomic E-state index is 0.0135. The Bertz CT molecular complexity index is 1390. The van der Waals surface area contributed by atoms with Crippen molar-refractivity contribution < 1.29 is 9.59 Å². The Labute approximate surface area is 207 Å². The zero-order valence-corrected chi connectivity index (χ0v) is 20.2. The van der Waals surface area contributed by atoms with Gasteiger partial charge in [-0.2, -0.15) is 0 Å². The van der Waals surface area contributed by atoms with E-state index in [4.69, 9.17) is 11.6 Å². The molecule has 2 amide bonds. The molecule has 0 spiro atoms. The molecule has 5 rings (SSSR count). The van der Waals surface area contributed by atoms with Crippen molar-refractivity contribution in [1.82, 2.24) is 9.88 Å². The van der Waals surface area contributed by atoms with Gasteiger partial charge in [0.05, 0.1) is 6.42 Å². The number of thioether (sulfide) groups is 1. The Kier molecular flexibility index (Phi) is 6.11. The van der Waals surface area contributed by atoms with E-state index in [0.29, 0.717) is 11.6 Å². The summed E-state index contributed by atoms with van der Waals surface area (Å²) in [5.74, 6) is 0.686. The second kappa shape index (κ2) is 9.20. The molecule has 1 aliphatic rings. The highest BCUT2D eigenvalue weighted by Crippen LogP contribution is 2.36. The van der Waals surface area contributed by atoms with Crippen molar-refractivity contribution in [2.75, 3.05) is 11.9 Å². The lowest BCUT2D eigenvalue weighted by Gasteiger charge is -2.38. The number of amides is 2. The van der Waals surface area contributed by atoms with Crippen LogP contribution in [0.1, 0.15) is 18.1 Å². The highest BCUT2D eigenvalue weighted by molar-refractivity contribution is 7.98. The van der Waals surface area contributed by atoms with E-state index in [0.717, 1.165) is 32.7 Å². The van der Waals surface area contributed by atoms with Gasteiger partial charge in [0, 0.05) is 51.1 Å². The Morgan fingerprint density at radius 3 is 2.59 bits per heavy atom. The van der Waals surface area contributed by atoms with Crippen LogP contribution < -0.4 is 10.6 Å². The quantitative estimate of drug-likeness (QED) is 0.262. The maximum absolute atomic E-state index is 12.8. The fourth-order valence-corrected chi connectivity index (χ4v) is 5.33. The highest BCUT2D eigenvalue weighted by Gasteiger charge is 2.43. The number of nitrogens with one attached hydrogen (secondary N) is 2. The SMILES string of the molecule is CC1(n2cc3cc(NC(=O)Cc4ccccc4Cl)cc(SCc4ccccc4)c3c2)CNC1=O. The third-order valence-electron chi connectivity index (χ3n) is 6.20. The van der Waals surface area contributed by atoms with Gasteiger partial charge in [0.2, 0.25) is 11.8 Å². The molecule has 3 aromatic carbocycles. The van der Waals surface area contributed by atoms with E-state index in [9.17, 15) is 9.59 Å². The average molecular weight is 490 g/mol. The van der Waals surface area contributed by atoms with Crippen LogP contribution in [-0.2, 0) is 27.3 Å². The first kappa shape index (κ1) is 22.6. The molecule has 0 aliphatic carbocycles. The predicted octanol–water partition coefficient (Wildman–Crippen LogP) is 5.61. The van der Waals surface area contributed by atoms with Crippen molar-refractivity contribution >= 4 is 51.6 Å². The summed E-state index contributed by atoms with van der Waals surface area (Å²) in [6.07, 6.45) is 4.23. The van der Waals surface area contributed by atoms with Crippen molar-refractivity contribution in [3.05, 3.63) is 95.3 Å². The summed E-state index contributed by atoms with van der Waals surface area (Å²) >= 11 is 7.95. The van der Waals surface area contributed by atoms with E-state index in [1.807, 2.05) is 72.4 Å². The van der Waals surface area contributed by atoms with Crippen LogP contribution in [0.25, 0.3) is 10.8 Å². The molecule has 7 heteroatoms. The Balaban J connectivity index is 1.45. The van der Waals surface area contributed by atoms with Gasteiger partial charge in [0.1, 0.15) is 5.54 Å². The summed E-state index contributed by atoms with van der Waals surface area (Å²) in [7, 11) is 0. The van der Waals surface area contributed by atoms with E-state index >= 15 is 0 Å². The molecule has 2 heterocycles. The summed E-state index contributed by atoms with van der Waals surface area (Å²) in [5.41, 5.74) is 2.14. The van der Waals surface area contributed by atoms with Gasteiger partial charge in [-0.05, 0) is 36.2 Å². The number of anilines is 1. The third kappa shape index (κ3) is 4.43. The average Bonchev–Trinajstić information content (AvgIpc) is 3.27. The van der Waals surface area contributed by atoms with E-state index in [2.05, 4.69) is 22.8 Å². The van der Waals surface area contributed by atoms with Gasteiger partial charge in [0.15, 0.2) is 0 Å². The molecular formula is C27H24ClN3O2S. The molecule has 1 fully saturated rings. The van der Waals surface area contributed by atoms with Crippen molar-refractivity contribution in [2.24, 2.45) is 0 Å². The van der Waals surface area contributed by atoms with Crippen LogP contribution in [0.5, 0.6) is 0 Å². The minimum atomic E-state index is -0.589. The second-order valence-electron chi connectivity index (χ2n) is 8.69. The summed E-state index contributed by atoms with van der Waals surface area (Å²) in [5, 5.41) is 8.49. The fraction of sp³-hybridized carbons (Fsp3) is 0.185. The predicted molar refractivity (Wildman–Crippen MR) is 138 cm³/mol. The molecule has 1 unspecified atom stereocenters. The van der Waals surface area contributed by atoms with E-state index in [1.165, 1.54) is 5.56 Å². The Morgan fingerprint density at radius 2 is 1.88 bits per heavy atom. The zero-order chi connectivity index (χ0) is 23.7. The molecule has 1 atom stereocenters. The molecule has 172 valence electrons. The van der Waals surface area contributed by atoms with Crippen LogP contribution in [0.15, 0.2) is 84.0 Å². The second-order valence-corrected chi connectivity index (χ2v) is 10.1. The monoisotopic (exact) mass is 489 g/mol. The first-order chi connectivity index (χ1) is 16.4. The lowest BCUT2D eigenvalue weighted by atomic mass is 9.94. The fourth-order valence-electron chi connectivity index (χ4n) is 4.08. The number of hydrogen-bond donors (Lipinski definition) is 2. The van der Waals surface area contributed by atoms with Crippen molar-refractivity contribution in [3.63, 3.8) is 0 Å². The molecule has 1 saturated heterocycles. The summed E-state index contributed by atoms with van der Waals surface area (Å²) < 4.78 is 1.98. The molecule has 1 aromatic heterocycles. The number of nitrogens with zero attached hydrogens (tertiary/aromatic N) is 1. The van der Waals surface area contributed by atoms with Gasteiger partial charge < -0.3 is 15.2 Å². The summed E-state index contributed by atoms with van der Waals surface area (Å²) in [6.45, 7) is 2.54. The highest BCUT2D eigenvalue weighted by atomic mass is 35.5. The van der Waals surface area contributed by atoms with Gasteiger partial charge in [-0.15, -0.1) is 11.8 Å². The van der Waals surface area contributed by atoms with Gasteiger partial charge in [-0.3, -0.25) is 9.59 Å². The van der Waals surface area contributed by atoms with E-state index < -0.39 is 5.54 Å². The molecule has 1 aliphatic heterocycles. The molecule has 5 nitrogen and oxygen atoms in total. The maximum Gasteiger partial charge on any atom is 0.247 e. The van der Waals surface area contributed by atoms with Crippen LogP contribution in [0.2, 0.25) is 5.02 Å². The summed E-state index contributed by atoms with van der Waals surface area (Å²) in [6, 6.07) is 21.6. The van der Waals surface area contributed by atoms with E-state index in [1.54, 1.807) is 17.8 Å². The molecule has 0 bridgehead atoms. The van der Waals surface area contributed by atoms with Gasteiger partial charge in [0.25, 0.3) is 0 Å². The number of hydrogen-bond acceptors (Lipinski definition) is 3. The smallest absolute Gasteiger partial charge is 0.247 e. The number of halogens is 1. The van der Waals surface area contributed by atoms with Crippen LogP contribution in [0.3, 0.4) is 0 Å². The molecule has 2 N–H and O–H groups in total. The number of carbonyl (C=O) groups is 2. The van der Waals surface area contributed by atoms with Crippen LogP contribution in [0.4, 0.5) is 5.69 Å². The molecule has 0 radical (unpaired) electrons. The third-order valence-corrected chi connectivity index (χ3v) is 7.70. The van der Waals surface area contributed by atoms with Crippen molar-refractivity contribution in [3.8, 4) is 0 Å². The standard InChI is InChI=1S/C27H24ClN3O2S/c1-27(17-29-26(27)33)31-14-20-11-21(30-25(32)12-19-9-5-6-10-23(19)28)13-24(22(20)15-31)34-16-18-7-3-2-4-8-18/h2-11,13-15H,12,16-17H2,1H3,(H,29,33)(H,30,32). The lowest BCUT2D eigenvalue weighted by Crippen LogP contribution is -2.63. The zero-order valence-electron chi connectivity index (χ0n) is 18.7. The minimum Gasteiger partial charge on any atom is -0.351 e. The number of rotatable bonds is 7. The Hall–Kier alpha value is -3.22. The van der Waals surface area contributed by atoms with Gasteiger partial charge in [-0.25, -0.2) is 0 Å². The van der Waals surface area contributed by atoms with Crippen molar-refractivity contribution in [2.45, 2.75) is 29.5 Å². The van der Waals surface area contributed by atoms with Crippen LogP contribution in [-0.4, -0.2) is 22.9 Å². The van der Waals surface area contributed by atoms with Crippen molar-refractivity contribution in [1.29, 1.82) is 0 Å². The van der Waals surface area contributed by atoms with Gasteiger partial charge in [-0.1, -0.05) is 60.1 Å².